The maximum Gasteiger partial charge on any atom is 0.478 e. The van der Waals surface area contributed by atoms with E-state index in [1.165, 1.54) is 0 Å². The lowest BCUT2D eigenvalue weighted by Gasteiger charge is -2.37. The monoisotopic (exact) mass is 454 g/mol. The van der Waals surface area contributed by atoms with Gasteiger partial charge in [-0.25, -0.2) is 9.59 Å². The van der Waals surface area contributed by atoms with Crippen molar-refractivity contribution in [3.63, 3.8) is 0 Å². The maximum atomic E-state index is 13.7. The molecule has 0 radical (unpaired) electrons. The summed E-state index contributed by atoms with van der Waals surface area (Å²) in [5.74, 6) is -19.9. The Kier molecular flexibility index (Phi) is 6.39. The van der Waals surface area contributed by atoms with E-state index in [4.69, 9.17) is 10.2 Å². The largest absolute Gasteiger partial charge is 0.478 e. The molecule has 2 N–H and O–H groups in total. The van der Waals surface area contributed by atoms with Crippen LogP contribution in [-0.4, -0.2) is 56.8 Å². The second-order valence-corrected chi connectivity index (χ2v) is 4.98. The second kappa shape index (κ2) is 6.72. The third-order valence-corrected chi connectivity index (χ3v) is 2.65. The minimum Gasteiger partial charge on any atom is -0.477 e. The molecule has 18 heteroatoms. The van der Waals surface area contributed by atoms with Crippen LogP contribution in [0.1, 0.15) is 0 Å². The van der Waals surface area contributed by atoms with E-state index in [0.29, 0.717) is 0 Å². The van der Waals surface area contributed by atoms with Gasteiger partial charge in [0.15, 0.2) is 0 Å². The summed E-state index contributed by atoms with van der Waals surface area (Å²) < 4.78 is 133. The van der Waals surface area contributed by atoms with Gasteiger partial charge in [-0.3, -0.25) is 9.47 Å². The van der Waals surface area contributed by atoms with Crippen molar-refractivity contribution in [2.24, 2.45) is 0 Å². The molecular formula is C8H2Cl2F10O6. The number of hydrogen-bond acceptors (Lipinski definition) is 4. The predicted molar refractivity (Wildman–Crippen MR) is 56.6 cm³/mol. The van der Waals surface area contributed by atoms with E-state index in [2.05, 4.69) is 32.7 Å². The average molecular weight is 455 g/mol. The van der Waals surface area contributed by atoms with E-state index >= 15 is 0 Å². The van der Waals surface area contributed by atoms with E-state index in [0.717, 1.165) is 0 Å². The van der Waals surface area contributed by atoms with Gasteiger partial charge in [-0.2, -0.15) is 43.9 Å². The van der Waals surface area contributed by atoms with Crippen LogP contribution >= 0.6 is 23.2 Å². The molecule has 0 heterocycles. The van der Waals surface area contributed by atoms with Crippen LogP contribution in [0.5, 0.6) is 0 Å². The predicted octanol–water partition coefficient (Wildman–Crippen LogP) is 3.37. The van der Waals surface area contributed by atoms with Gasteiger partial charge in [-0.05, 0) is 23.2 Å². The summed E-state index contributed by atoms with van der Waals surface area (Å²) in [7, 11) is 0. The molecule has 0 fully saturated rings. The zero-order valence-corrected chi connectivity index (χ0v) is 12.6. The highest BCUT2D eigenvalue weighted by Crippen LogP contribution is 2.50. The fraction of sp³-hybridized carbons (Fsp3) is 0.750. The molecule has 6 nitrogen and oxygen atoms in total. The highest BCUT2D eigenvalue weighted by atomic mass is 35.5. The zero-order chi connectivity index (χ0) is 21.6. The lowest BCUT2D eigenvalue weighted by atomic mass is 10.3. The summed E-state index contributed by atoms with van der Waals surface area (Å²) in [5.41, 5.74) is 0. The molecule has 0 saturated carbocycles. The van der Waals surface area contributed by atoms with E-state index in [9.17, 15) is 53.5 Å². The van der Waals surface area contributed by atoms with E-state index in [1.54, 1.807) is 0 Å². The number of aliphatic carboxylic acids is 2. The Morgan fingerprint density at radius 1 is 0.654 bits per heavy atom. The van der Waals surface area contributed by atoms with E-state index < -0.39 is 46.6 Å². The van der Waals surface area contributed by atoms with Gasteiger partial charge in [0.1, 0.15) is 0 Å². The van der Waals surface area contributed by atoms with Crippen molar-refractivity contribution in [1.82, 2.24) is 0 Å². The molecule has 0 rings (SSSR count). The molecule has 0 aliphatic heterocycles. The Hall–Kier alpha value is -1.26. The Labute approximate surface area is 144 Å². The van der Waals surface area contributed by atoms with Gasteiger partial charge in [0.05, 0.1) is 0 Å². The number of alkyl halides is 12. The van der Waals surface area contributed by atoms with Crippen molar-refractivity contribution in [3.05, 3.63) is 0 Å². The number of carboxylic acids is 2. The van der Waals surface area contributed by atoms with Gasteiger partial charge in [0.25, 0.3) is 0 Å². The van der Waals surface area contributed by atoms with Crippen molar-refractivity contribution < 1.29 is 73.2 Å². The van der Waals surface area contributed by atoms with Crippen molar-refractivity contribution in [1.29, 1.82) is 0 Å². The number of halogens is 12. The lowest BCUT2D eigenvalue weighted by molar-refractivity contribution is -0.511. The van der Waals surface area contributed by atoms with E-state index in [1.807, 2.05) is 0 Å². The van der Waals surface area contributed by atoms with Crippen LogP contribution < -0.4 is 0 Å². The van der Waals surface area contributed by atoms with Crippen LogP contribution in [0, 0.1) is 0 Å². The summed E-state index contributed by atoms with van der Waals surface area (Å²) >= 11 is 7.65. The van der Waals surface area contributed by atoms with Crippen LogP contribution in [0.3, 0.4) is 0 Å². The Morgan fingerprint density at radius 2 is 0.885 bits per heavy atom. The van der Waals surface area contributed by atoms with Crippen LogP contribution in [0.4, 0.5) is 43.9 Å². The highest BCUT2D eigenvalue weighted by Gasteiger charge is 2.77. The number of carbonyl (C=O) groups is 2. The normalized spacial score (nSPS) is 20.6. The van der Waals surface area contributed by atoms with Gasteiger partial charge in [-0.15, -0.1) is 0 Å². The molecular weight excluding hydrogens is 453 g/mol. The number of carboxylic acid groups (broad SMARTS) is 2. The topological polar surface area (TPSA) is 93.1 Å². The summed E-state index contributed by atoms with van der Waals surface area (Å²) in [6, 6.07) is -6.86. The Balaban J connectivity index is 6.44. The van der Waals surface area contributed by atoms with Crippen molar-refractivity contribution in [3.8, 4) is 0 Å². The standard InChI is InChI=1S/C8H2Cl2F10O6/c9-5(13,14)3(11,1(21)22)25-8(20,7(17,18)19)26-4(12,2(23)24)6(10,15)16/h(H,21,22)(H,23,24). The number of rotatable bonds is 8. The third kappa shape index (κ3) is 4.34. The van der Waals surface area contributed by atoms with Crippen molar-refractivity contribution in [2.75, 3.05) is 0 Å². The van der Waals surface area contributed by atoms with Gasteiger partial charge in [0, 0.05) is 0 Å². The number of ether oxygens (including phenoxy) is 2. The average Bonchev–Trinajstić information content (AvgIpc) is 2.33. The molecule has 2 unspecified atom stereocenters. The summed E-state index contributed by atoms with van der Waals surface area (Å²) in [5, 5.41) is 4.19. The number of hydrogen-bond donors (Lipinski definition) is 2. The molecule has 0 saturated heterocycles. The lowest BCUT2D eigenvalue weighted by Crippen LogP contribution is -2.64. The van der Waals surface area contributed by atoms with Crippen LogP contribution in [0.15, 0.2) is 0 Å². The zero-order valence-electron chi connectivity index (χ0n) is 11.1. The minimum atomic E-state index is -7.13. The maximum absolute atomic E-state index is 13.7. The van der Waals surface area contributed by atoms with Gasteiger partial charge < -0.3 is 10.2 Å². The Bertz CT molecular complexity index is 533. The molecule has 0 aliphatic carbocycles. The van der Waals surface area contributed by atoms with Crippen LogP contribution in [0.25, 0.3) is 0 Å². The van der Waals surface area contributed by atoms with Crippen molar-refractivity contribution >= 4 is 35.1 Å². The molecule has 0 aromatic rings. The summed E-state index contributed by atoms with van der Waals surface area (Å²) in [6.07, 6.45) is -7.13. The molecule has 0 bridgehead atoms. The quantitative estimate of drug-likeness (QED) is 0.332. The van der Waals surface area contributed by atoms with E-state index in [-0.39, 0.29) is 0 Å². The summed E-state index contributed by atoms with van der Waals surface area (Å²) in [4.78, 5) is 20.7. The molecule has 0 aromatic heterocycles. The molecule has 0 amide bonds. The molecule has 26 heavy (non-hydrogen) atoms. The molecule has 2 atom stereocenters. The van der Waals surface area contributed by atoms with Crippen LogP contribution in [-0.2, 0) is 19.1 Å². The van der Waals surface area contributed by atoms with Gasteiger partial charge in [-0.1, -0.05) is 0 Å². The van der Waals surface area contributed by atoms with Gasteiger partial charge in [0.2, 0.25) is 0 Å². The third-order valence-electron chi connectivity index (χ3n) is 2.16. The molecule has 154 valence electrons. The molecule has 0 spiro atoms. The molecule has 0 aromatic carbocycles. The smallest absolute Gasteiger partial charge is 0.477 e. The van der Waals surface area contributed by atoms with Crippen LogP contribution in [0.2, 0.25) is 0 Å². The Morgan fingerprint density at radius 3 is 1.00 bits per heavy atom. The fourth-order valence-electron chi connectivity index (χ4n) is 0.944. The highest BCUT2D eigenvalue weighted by molar-refractivity contribution is 6.24. The van der Waals surface area contributed by atoms with Crippen molar-refractivity contribution in [2.45, 2.75) is 34.7 Å². The first kappa shape index (κ1) is 24.7. The first-order valence-corrected chi connectivity index (χ1v) is 5.95. The molecule has 0 aliphatic rings. The van der Waals surface area contributed by atoms with Gasteiger partial charge >= 0.3 is 46.6 Å². The first-order chi connectivity index (χ1) is 11.1. The first-order valence-electron chi connectivity index (χ1n) is 5.19. The minimum absolute atomic E-state index is 2.20. The fourth-order valence-corrected chi connectivity index (χ4v) is 1.18. The SMILES string of the molecule is O=C(O)C(F)(OC(F)(OC(F)(C(=O)O)C(F)(F)Cl)C(F)(F)F)C(F)(F)Cl. The summed E-state index contributed by atoms with van der Waals surface area (Å²) in [6.45, 7) is 0. The second-order valence-electron chi connectivity index (χ2n) is 4.03.